The number of nitrogens with zero attached hydrogens (tertiary/aromatic N) is 10. The molecule has 8 heterocycles. The number of Topliss-reactive ketones (excluding diaryl/α,β-unsaturated/α-hetero) is 4. The monoisotopic (exact) mass is 1670 g/mol. The average Bonchev–Trinajstić information content (AvgIpc) is 1.76. The van der Waals surface area contributed by atoms with Gasteiger partial charge in [0.25, 0.3) is 17.6 Å². The Morgan fingerprint density at radius 1 is 0.553 bits per heavy atom. The van der Waals surface area contributed by atoms with Crippen LogP contribution in [0.4, 0.5) is 4.79 Å². The summed E-state index contributed by atoms with van der Waals surface area (Å²) in [4.78, 5) is 129. The third-order valence-corrected chi connectivity index (χ3v) is 23.5. The van der Waals surface area contributed by atoms with Crippen molar-refractivity contribution in [2.75, 3.05) is 53.5 Å². The molecule has 0 radical (unpaired) electrons. The lowest BCUT2D eigenvalue weighted by atomic mass is 9.83. The molecule has 3 fully saturated rings. The number of H-pyrrole nitrogens is 2. The zero-order valence-corrected chi connectivity index (χ0v) is 70.3. The largest absolute Gasteiger partial charge is 0.508 e. The van der Waals surface area contributed by atoms with Crippen molar-refractivity contribution in [3.8, 4) is 12.3 Å². The smallest absolute Gasteiger partial charge is 0.434 e. The van der Waals surface area contributed by atoms with Gasteiger partial charge < -0.3 is 45.1 Å². The highest BCUT2D eigenvalue weighted by Crippen LogP contribution is 2.39. The molecule has 27 nitrogen and oxygen atoms in total. The van der Waals surface area contributed by atoms with Crippen molar-refractivity contribution in [2.24, 2.45) is 20.0 Å². The number of likely N-dealkylation sites (tertiary alicyclic amines) is 1. The molecule has 6 N–H and O–H groups in total. The molecule has 3 saturated heterocycles. The maximum absolute atomic E-state index is 12.9. The lowest BCUT2D eigenvalue weighted by molar-refractivity contribution is -0.146. The van der Waals surface area contributed by atoms with Crippen LogP contribution in [0.5, 0.6) is 0 Å². The Bertz CT molecular complexity index is 5580. The summed E-state index contributed by atoms with van der Waals surface area (Å²) in [7, 11) is 3.31. The van der Waals surface area contributed by atoms with E-state index in [1.165, 1.54) is 82.8 Å². The number of hydrogen-bond donors (Lipinski definition) is 6. The Balaban J connectivity index is 0.000000148. The number of amides is 2. The molecule has 2 amide bonds. The molecule has 28 heteroatoms. The molecule has 0 spiro atoms. The van der Waals surface area contributed by atoms with Crippen LogP contribution >= 0.6 is 0 Å². The molecule has 632 valence electrons. The number of aromatic nitrogens is 4. The number of benzene rings is 4. The number of rotatable bonds is 20. The van der Waals surface area contributed by atoms with Crippen LogP contribution in [0.25, 0.3) is 36.9 Å². The van der Waals surface area contributed by atoms with Crippen molar-refractivity contribution < 1.29 is 51.5 Å². The first-order valence-corrected chi connectivity index (χ1v) is 42.6. The molecule has 6 aromatic rings. The predicted octanol–water partition coefficient (Wildman–Crippen LogP) is 14.8. The lowest BCUT2D eigenvalue weighted by Crippen LogP contribution is -2.48. The van der Waals surface area contributed by atoms with Gasteiger partial charge in [-0.25, -0.2) is 19.8 Å². The van der Waals surface area contributed by atoms with E-state index in [2.05, 4.69) is 155 Å². The molecule has 16 rings (SSSR count). The number of cyclic esters (lactones) is 2. The van der Waals surface area contributed by atoms with Gasteiger partial charge >= 0.3 is 17.7 Å². The van der Waals surface area contributed by atoms with E-state index < -0.39 is 17.7 Å². The number of piperidine rings is 1. The summed E-state index contributed by atoms with van der Waals surface area (Å²) in [5, 5.41) is 9.84. The van der Waals surface area contributed by atoms with Crippen LogP contribution in [0.15, 0.2) is 153 Å². The highest BCUT2D eigenvalue weighted by atomic mass is 32.1. The Hall–Kier alpha value is -13.4. The standard InChI is InChI=1S/C25H25N3O3.C24H24N6O.C24H27N5O.C22H24N2O4.O2S/c1-3-20-15-26-25(27-20)22(29)12-18-10-9-17(11-21(18)16-7-5-4-6-8-16)19-13-23(30)28(2)24(31)14-19;1-25-23-11-10-21(29-23)22(31)13-18-9-8-17(12-20(18)16-6-4-3-5-7-16)19-14-27-24(28-15-19)30-26-2;1-25-23-11-10-21(29-23)22(30)13-18-9-8-17(19-14-27-24(26-2)28-15-19)12-20(18)16-6-4-3-5-7-16;1-14-11-23-21(24-14)20(25)10-17-8-7-16(18-12-27-22(26)28-13-18)9-19(17)15-5-3-2-4-6-15;1-3-2/h1,7,9-11,15,19H,4-6,8,12-14H2,2H3,(H,26,27);6,8-9,11-12,19H,3-5,7,10,13-15H2,(H2,27,28,30);6,8-9,11-12,19H,3-5,7,10,13-15H2,2H3,(H2,26,27,28);5,7-9,11,18H,2-4,6,10,12-13H2,1H3,(H,23,24);. The topological polar surface area (TPSA) is 343 Å². The van der Waals surface area contributed by atoms with Gasteiger partial charge in [0.1, 0.15) is 18.9 Å². The van der Waals surface area contributed by atoms with Gasteiger partial charge in [-0.05, 0) is 199 Å². The zero-order chi connectivity index (χ0) is 86.7. The number of guanidine groups is 2. The predicted molar refractivity (Wildman–Crippen MR) is 472 cm³/mol. The minimum atomic E-state index is -0.750. The highest BCUT2D eigenvalue weighted by molar-refractivity contribution is 7.51. The van der Waals surface area contributed by atoms with Gasteiger partial charge in [0, 0.05) is 115 Å². The number of nitrogens with one attached hydrogen (secondary N) is 6. The van der Waals surface area contributed by atoms with Gasteiger partial charge in [-0.15, -0.1) is 16.4 Å². The molecule has 1 atom stereocenters. The maximum Gasteiger partial charge on any atom is 0.508 e. The number of allylic oxidation sites excluding steroid dienone is 10. The van der Waals surface area contributed by atoms with Crippen LogP contribution in [0.2, 0.25) is 0 Å². The second-order valence-electron chi connectivity index (χ2n) is 31.7. The number of aliphatic imine (C=N–C) groups is 4. The molecule has 6 aliphatic heterocycles. The Morgan fingerprint density at radius 3 is 1.33 bits per heavy atom. The van der Waals surface area contributed by atoms with Crippen LogP contribution in [0.3, 0.4) is 0 Å². The summed E-state index contributed by atoms with van der Waals surface area (Å²) in [6.07, 6.45) is 40.9. The maximum atomic E-state index is 12.9. The van der Waals surface area contributed by atoms with E-state index in [-0.39, 0.29) is 64.9 Å². The van der Waals surface area contributed by atoms with Gasteiger partial charge in [0.05, 0.1) is 18.7 Å². The Labute approximate surface area is 719 Å². The van der Waals surface area contributed by atoms with E-state index in [4.69, 9.17) is 44.0 Å². The minimum absolute atomic E-state index is 0.0121. The van der Waals surface area contributed by atoms with Gasteiger partial charge in [0.15, 0.2) is 29.0 Å². The van der Waals surface area contributed by atoms with E-state index in [0.29, 0.717) is 118 Å². The molecule has 4 aromatic carbocycles. The summed E-state index contributed by atoms with van der Waals surface area (Å²) in [5.41, 5.74) is 23.1. The van der Waals surface area contributed by atoms with E-state index >= 15 is 0 Å². The Morgan fingerprint density at radius 2 is 0.959 bits per heavy atom. The summed E-state index contributed by atoms with van der Waals surface area (Å²) in [6, 6.07) is 25.0. The van der Waals surface area contributed by atoms with Crippen molar-refractivity contribution >= 4 is 98.3 Å². The van der Waals surface area contributed by atoms with Crippen LogP contribution in [0, 0.1) is 39.0 Å². The van der Waals surface area contributed by atoms with Gasteiger partial charge in [0.2, 0.25) is 34.9 Å². The Kier molecular flexibility index (Phi) is 31.6. The summed E-state index contributed by atoms with van der Waals surface area (Å²) >= 11 is -0.750. The molecule has 0 bridgehead atoms. The lowest BCUT2D eigenvalue weighted by Gasteiger charge is -2.28. The molecular formula is C95H100N16O11S. The van der Waals surface area contributed by atoms with Crippen LogP contribution in [-0.4, -0.2) is 151 Å². The van der Waals surface area contributed by atoms with E-state index in [1.54, 1.807) is 25.4 Å². The van der Waals surface area contributed by atoms with Gasteiger partial charge in [-0.3, -0.25) is 38.7 Å². The second kappa shape index (κ2) is 43.7. The van der Waals surface area contributed by atoms with Crippen molar-refractivity contribution in [1.82, 2.24) is 46.2 Å². The van der Waals surface area contributed by atoms with E-state index in [9.17, 15) is 33.6 Å². The molecule has 1 unspecified atom stereocenters. The molecule has 0 saturated carbocycles. The van der Waals surface area contributed by atoms with Crippen LogP contribution in [0.1, 0.15) is 251 Å². The number of hydrogen-bond acceptors (Lipinski definition) is 19. The summed E-state index contributed by atoms with van der Waals surface area (Å²) in [6.45, 7) is 26.6. The third kappa shape index (κ3) is 23.8. The molecule has 123 heavy (non-hydrogen) atoms. The van der Waals surface area contributed by atoms with Crippen molar-refractivity contribution in [3.63, 3.8) is 0 Å². The summed E-state index contributed by atoms with van der Waals surface area (Å²) in [5.74, 6) is 5.10. The van der Waals surface area contributed by atoms with Crippen LogP contribution in [-0.2, 0) is 65.9 Å². The fourth-order valence-electron chi connectivity index (χ4n) is 16.6. The number of aromatic amines is 2. The van der Waals surface area contributed by atoms with E-state index in [1.807, 2.05) is 31.2 Å². The molecular weight excluding hydrogens is 1570 g/mol. The fraction of sp³-hybridized carbons (Fsp3) is 0.389. The molecule has 2 aromatic heterocycles. The normalized spacial score (nSPS) is 18.7. The van der Waals surface area contributed by atoms with Crippen molar-refractivity contribution in [1.29, 1.82) is 0 Å². The minimum Gasteiger partial charge on any atom is -0.434 e. The number of ketones is 4. The van der Waals surface area contributed by atoms with Gasteiger partial charge in [-0.1, -0.05) is 134 Å². The summed E-state index contributed by atoms with van der Waals surface area (Å²) < 4.78 is 26.7. The second-order valence-corrected chi connectivity index (χ2v) is 31.8. The number of carbonyl (C=O) groups excluding carboxylic acids is 7. The van der Waals surface area contributed by atoms with Gasteiger partial charge in [-0.2, -0.15) is 19.9 Å². The highest BCUT2D eigenvalue weighted by Gasteiger charge is 2.34. The first-order chi connectivity index (χ1) is 59.8. The quantitative estimate of drug-likeness (QED) is 0.0103. The first kappa shape index (κ1) is 88.8. The fourth-order valence-corrected chi connectivity index (χ4v) is 16.6. The number of aryl methyl sites for hydroxylation is 1. The zero-order valence-electron chi connectivity index (χ0n) is 69.5. The average molecular weight is 1670 g/mol. The number of carbonyl (C=O) groups is 7. The first-order valence-electron chi connectivity index (χ1n) is 41.9. The number of imide groups is 1. The van der Waals surface area contributed by atoms with E-state index in [0.717, 1.165) is 152 Å². The third-order valence-electron chi connectivity index (χ3n) is 23.5. The number of imidazole rings is 2. The molecule has 4 aliphatic carbocycles. The number of terminal acetylenes is 1. The van der Waals surface area contributed by atoms with Crippen LogP contribution < -0.4 is 21.4 Å². The van der Waals surface area contributed by atoms with Crippen molar-refractivity contribution in [3.05, 3.63) is 257 Å². The van der Waals surface area contributed by atoms with Crippen molar-refractivity contribution in [2.45, 2.75) is 185 Å². The SMILES string of the molecule is C#Cc1cnc(C(=O)Cc2ccc(C3CC(=O)N(C)C(=O)C3)cc2C2=CCCCC2)[nH]1.Cc1cnc(C(=O)Cc2ccc(C3COC(=O)OC3)cc2C2=CCCCC2)[nH]1.O=S=O.[C-]#[N+]C1=CCC(C(=O)Cc2ccc(C3CNC(=NC)NC3)cc2C2=CCCCC2)=N1.[C-]#[N+]NC1=NCC(c2ccc(CC(=O)C3=NC([N+]#[C-])=CC3)c(C3=CCCCC3)c2)CN1. The molecule has 10 aliphatic rings. The number of ether oxygens (including phenoxy) is 2.